The molecule has 3 nitrogen and oxygen atoms in total. The molecule has 0 unspecified atom stereocenters. The summed E-state index contributed by atoms with van der Waals surface area (Å²) in [5.41, 5.74) is 8.32. The highest BCUT2D eigenvalue weighted by molar-refractivity contribution is 6.31. The van der Waals surface area contributed by atoms with Crippen LogP contribution in [0.15, 0.2) is 48.7 Å². The highest BCUT2D eigenvalue weighted by Gasteiger charge is 2.21. The molecular weight excluding hydrogens is 392 g/mol. The van der Waals surface area contributed by atoms with E-state index in [1.807, 2.05) is 42.5 Å². The van der Waals surface area contributed by atoms with Crippen LogP contribution in [0, 0.1) is 23.7 Å². The second-order valence-electron chi connectivity index (χ2n) is 8.33. The maximum Gasteiger partial charge on any atom is 0.163 e. The van der Waals surface area contributed by atoms with E-state index < -0.39 is 0 Å². The Balaban J connectivity index is 1.51. The summed E-state index contributed by atoms with van der Waals surface area (Å²) < 4.78 is 0. The van der Waals surface area contributed by atoms with E-state index in [0.29, 0.717) is 28.7 Å². The maximum absolute atomic E-state index is 12.6. The molecule has 4 heteroatoms. The first-order chi connectivity index (χ1) is 14.5. The number of nitrogens with two attached hydrogens (primary N) is 1. The zero-order chi connectivity index (χ0) is 21.1. The summed E-state index contributed by atoms with van der Waals surface area (Å²) in [6.07, 6.45) is 7.19. The van der Waals surface area contributed by atoms with Gasteiger partial charge in [0, 0.05) is 39.5 Å². The molecule has 30 heavy (non-hydrogen) atoms. The fourth-order valence-electron chi connectivity index (χ4n) is 4.12. The third-order valence-corrected chi connectivity index (χ3v) is 6.27. The fourth-order valence-corrected chi connectivity index (χ4v) is 4.29. The van der Waals surface area contributed by atoms with E-state index in [0.717, 1.165) is 27.8 Å². The number of benzene rings is 2. The van der Waals surface area contributed by atoms with Gasteiger partial charge in [0.15, 0.2) is 5.78 Å². The minimum absolute atomic E-state index is 0.228. The van der Waals surface area contributed by atoms with Crippen molar-refractivity contribution in [2.75, 3.05) is 5.73 Å². The molecule has 2 N–H and O–H groups in total. The van der Waals surface area contributed by atoms with Gasteiger partial charge in [0.25, 0.3) is 0 Å². The van der Waals surface area contributed by atoms with Gasteiger partial charge in [-0.15, -0.1) is 0 Å². The Morgan fingerprint density at radius 3 is 2.57 bits per heavy atom. The molecule has 0 bridgehead atoms. The van der Waals surface area contributed by atoms with Gasteiger partial charge in [-0.2, -0.15) is 0 Å². The number of halogens is 1. The molecule has 4 rings (SSSR count). The van der Waals surface area contributed by atoms with Crippen molar-refractivity contribution in [3.63, 3.8) is 0 Å². The Morgan fingerprint density at radius 2 is 1.83 bits per heavy atom. The number of pyridine rings is 1. The van der Waals surface area contributed by atoms with Gasteiger partial charge in [-0.25, -0.2) is 4.98 Å². The quantitative estimate of drug-likeness (QED) is 0.404. The minimum Gasteiger partial charge on any atom is -0.383 e. The number of hydrogen-bond donors (Lipinski definition) is 1. The summed E-state index contributed by atoms with van der Waals surface area (Å²) in [5, 5.41) is 2.46. The monoisotopic (exact) mass is 416 g/mol. The lowest BCUT2D eigenvalue weighted by Gasteiger charge is -2.25. The number of rotatable bonds is 3. The molecule has 1 fully saturated rings. The predicted octanol–water partition coefficient (Wildman–Crippen LogP) is 6.27. The van der Waals surface area contributed by atoms with Crippen molar-refractivity contribution in [2.45, 2.75) is 39.0 Å². The normalized spacial score (nSPS) is 18.6. The van der Waals surface area contributed by atoms with E-state index in [1.54, 1.807) is 6.20 Å². The second kappa shape index (κ2) is 8.90. The van der Waals surface area contributed by atoms with Crippen molar-refractivity contribution in [3.8, 4) is 11.8 Å². The number of ketones is 1. The van der Waals surface area contributed by atoms with Gasteiger partial charge < -0.3 is 5.73 Å². The molecule has 3 aromatic rings. The first kappa shape index (κ1) is 20.4. The molecule has 1 aliphatic rings. The minimum atomic E-state index is 0.228. The van der Waals surface area contributed by atoms with Gasteiger partial charge >= 0.3 is 0 Å². The summed E-state index contributed by atoms with van der Waals surface area (Å²) in [6.45, 7) is 2.30. The number of anilines is 1. The molecule has 1 aliphatic carbocycles. The van der Waals surface area contributed by atoms with E-state index in [-0.39, 0.29) is 5.78 Å². The number of nitrogens with zero attached hydrogens (tertiary/aromatic N) is 1. The van der Waals surface area contributed by atoms with E-state index in [9.17, 15) is 4.79 Å². The van der Waals surface area contributed by atoms with E-state index in [1.165, 1.54) is 25.7 Å². The average molecular weight is 417 g/mol. The number of carbonyl (C=O) groups excluding carboxylic acids is 1. The zero-order valence-electron chi connectivity index (χ0n) is 17.1. The molecule has 152 valence electrons. The van der Waals surface area contributed by atoms with Crippen LogP contribution in [0.3, 0.4) is 0 Å². The maximum atomic E-state index is 12.6. The van der Waals surface area contributed by atoms with Gasteiger partial charge in [0.2, 0.25) is 0 Å². The smallest absolute Gasteiger partial charge is 0.163 e. The Morgan fingerprint density at radius 1 is 1.10 bits per heavy atom. The number of fused-ring (bicyclic) bond motifs is 1. The number of hydrogen-bond acceptors (Lipinski definition) is 3. The van der Waals surface area contributed by atoms with E-state index >= 15 is 0 Å². The molecule has 0 spiro atoms. The number of Topliss-reactive ketones (excluding diaryl/α,β-unsaturated/α-hetero) is 1. The third kappa shape index (κ3) is 4.66. The summed E-state index contributed by atoms with van der Waals surface area (Å²) in [4.78, 5) is 16.9. The summed E-state index contributed by atoms with van der Waals surface area (Å²) in [5.74, 6) is 8.22. The first-order valence-corrected chi connectivity index (χ1v) is 10.9. The molecule has 0 atom stereocenters. The highest BCUT2D eigenvalue weighted by atomic mass is 35.5. The van der Waals surface area contributed by atoms with Crippen LogP contribution >= 0.6 is 11.6 Å². The Hall–Kier alpha value is -2.83. The standard InChI is InChI=1S/C26H25ClN2O/c1-17-2-4-19(5-3-17)14-25(30)20-9-6-18(7-10-20)8-13-23-24-15-22(27)12-11-21(24)16-29-26(23)28/h6-7,9-12,15-17,19H,2-5,14H2,1H3,(H2,28,29). The lowest BCUT2D eigenvalue weighted by molar-refractivity contribution is 0.0944. The first-order valence-electron chi connectivity index (χ1n) is 10.5. The number of aromatic nitrogens is 1. The second-order valence-corrected chi connectivity index (χ2v) is 8.77. The molecule has 1 heterocycles. The SMILES string of the molecule is CC1CCC(CC(=O)c2ccc(C#Cc3c(N)ncc4ccc(Cl)cc34)cc2)CC1. The lowest BCUT2D eigenvalue weighted by Crippen LogP contribution is -2.16. The molecular formula is C26H25ClN2O. The Bertz CT molecular complexity index is 1130. The van der Waals surface area contributed by atoms with Crippen LogP contribution in [-0.2, 0) is 0 Å². The third-order valence-electron chi connectivity index (χ3n) is 6.03. The number of nitrogen functional groups attached to an aromatic ring is 1. The van der Waals surface area contributed by atoms with Gasteiger partial charge in [-0.3, -0.25) is 4.79 Å². The van der Waals surface area contributed by atoms with E-state index in [2.05, 4.69) is 23.7 Å². The van der Waals surface area contributed by atoms with Gasteiger partial charge in [-0.1, -0.05) is 61.4 Å². The summed E-state index contributed by atoms with van der Waals surface area (Å²) in [7, 11) is 0. The van der Waals surface area contributed by atoms with Crippen LogP contribution in [0.1, 0.15) is 60.5 Å². The van der Waals surface area contributed by atoms with Crippen molar-refractivity contribution in [1.82, 2.24) is 4.98 Å². The summed E-state index contributed by atoms with van der Waals surface area (Å²) in [6, 6.07) is 13.1. The van der Waals surface area contributed by atoms with Crippen molar-refractivity contribution in [1.29, 1.82) is 0 Å². The zero-order valence-corrected chi connectivity index (χ0v) is 17.9. The number of carbonyl (C=O) groups is 1. The molecule has 0 aliphatic heterocycles. The highest BCUT2D eigenvalue weighted by Crippen LogP contribution is 2.31. The van der Waals surface area contributed by atoms with Gasteiger partial charge in [0.1, 0.15) is 5.82 Å². The fraction of sp³-hybridized carbons (Fsp3) is 0.308. The van der Waals surface area contributed by atoms with E-state index in [4.69, 9.17) is 17.3 Å². The molecule has 0 radical (unpaired) electrons. The van der Waals surface area contributed by atoms with Crippen LogP contribution in [0.2, 0.25) is 5.02 Å². The molecule has 1 aromatic heterocycles. The molecule has 0 amide bonds. The van der Waals surface area contributed by atoms with Crippen molar-refractivity contribution < 1.29 is 4.79 Å². The molecule has 2 aromatic carbocycles. The Kier molecular flexibility index (Phi) is 6.06. The van der Waals surface area contributed by atoms with Crippen LogP contribution in [0.4, 0.5) is 5.82 Å². The van der Waals surface area contributed by atoms with Crippen LogP contribution in [-0.4, -0.2) is 10.8 Å². The van der Waals surface area contributed by atoms with Crippen LogP contribution in [0.25, 0.3) is 10.8 Å². The molecule has 0 saturated heterocycles. The van der Waals surface area contributed by atoms with Crippen LogP contribution < -0.4 is 5.73 Å². The summed E-state index contributed by atoms with van der Waals surface area (Å²) >= 11 is 6.14. The van der Waals surface area contributed by atoms with Gasteiger partial charge in [-0.05, 0) is 48.9 Å². The Labute approximate surface area is 182 Å². The van der Waals surface area contributed by atoms with Crippen molar-refractivity contribution in [2.24, 2.45) is 11.8 Å². The molecule has 1 saturated carbocycles. The largest absolute Gasteiger partial charge is 0.383 e. The lowest BCUT2D eigenvalue weighted by atomic mass is 9.80. The van der Waals surface area contributed by atoms with Crippen molar-refractivity contribution in [3.05, 3.63) is 70.4 Å². The average Bonchev–Trinajstić information content (AvgIpc) is 2.75. The van der Waals surface area contributed by atoms with Crippen LogP contribution in [0.5, 0.6) is 0 Å². The van der Waals surface area contributed by atoms with Crippen molar-refractivity contribution >= 4 is 34.0 Å². The predicted molar refractivity (Wildman–Crippen MR) is 124 cm³/mol. The topological polar surface area (TPSA) is 56.0 Å². The van der Waals surface area contributed by atoms with Gasteiger partial charge in [0.05, 0.1) is 5.56 Å².